The molecule has 144 heavy (non-hydrogen) atoms. The molecule has 762 valence electrons. The fourth-order valence-electron chi connectivity index (χ4n) is 13.3. The minimum absolute atomic E-state index is 0.0159. The van der Waals surface area contributed by atoms with Gasteiger partial charge in [-0.15, -0.1) is 0 Å². The lowest BCUT2D eigenvalue weighted by atomic mass is 9.98. The average Bonchev–Trinajstić information content (AvgIpc) is 1.52. The van der Waals surface area contributed by atoms with Gasteiger partial charge in [0.15, 0.2) is 15.5 Å². The molecule has 0 saturated heterocycles. The van der Waals surface area contributed by atoms with Crippen molar-refractivity contribution in [2.75, 3.05) is 78.0 Å². The number of likely N-dealkylation sites (N-methyl/N-ethyl adjacent to an activating group) is 3. The number of hydrogen-bond acceptors (Lipinski definition) is 15. The van der Waals surface area contributed by atoms with E-state index in [-0.39, 0.29) is 81.5 Å². The number of alkyl halides is 9. The highest BCUT2D eigenvalue weighted by molar-refractivity contribution is 7.98. The fourth-order valence-corrected chi connectivity index (χ4v) is 15.9. The number of rotatable bonds is 39. The monoisotopic (exact) mass is 2100 g/mol. The molecule has 0 saturated carbocycles. The molecule has 15 rings (SSSR count). The Balaban J connectivity index is 0.000000247. The summed E-state index contributed by atoms with van der Waals surface area (Å²) in [5.74, 6) is -17.2. The van der Waals surface area contributed by atoms with E-state index >= 15 is 4.79 Å². The molecule has 0 aliphatic heterocycles. The maximum Gasteiger partial charge on any atom is 0.416 e. The van der Waals surface area contributed by atoms with E-state index < -0.39 is 505 Å². The van der Waals surface area contributed by atoms with E-state index in [4.69, 9.17) is 75.4 Å². The van der Waals surface area contributed by atoms with Gasteiger partial charge in [-0.3, -0.25) is 28.8 Å². The van der Waals surface area contributed by atoms with Gasteiger partial charge in [-0.1, -0.05) is 236 Å². The van der Waals surface area contributed by atoms with E-state index in [9.17, 15) is 84.9 Å². The van der Waals surface area contributed by atoms with Gasteiger partial charge in [0.2, 0.25) is 17.7 Å². The van der Waals surface area contributed by atoms with Crippen LogP contribution in [0.3, 0.4) is 0 Å². The van der Waals surface area contributed by atoms with Gasteiger partial charge in [0, 0.05) is 148 Å². The van der Waals surface area contributed by atoms with Crippen LogP contribution >= 0.6 is 35.3 Å². The number of carbonyl (C=O) groups excluding carboxylic acids is 3. The zero-order valence-corrected chi connectivity index (χ0v) is 79.1. The highest BCUT2D eigenvalue weighted by Gasteiger charge is 2.36. The third-order valence-corrected chi connectivity index (χ3v) is 23.3. The summed E-state index contributed by atoms with van der Waals surface area (Å²) in [6.45, 7) is -43.9. The van der Waals surface area contributed by atoms with E-state index in [2.05, 4.69) is 15.0 Å². The van der Waals surface area contributed by atoms with E-state index in [0.717, 1.165) is 51.3 Å². The van der Waals surface area contributed by atoms with Crippen LogP contribution in [0.1, 0.15) is 235 Å². The molecule has 0 bridgehead atoms. The number of carbonyl (C=O) groups is 3. The van der Waals surface area contributed by atoms with Crippen molar-refractivity contribution < 1.29 is 151 Å². The minimum atomic E-state index is -5.46. The zero-order valence-electron chi connectivity index (χ0n) is 138. The van der Waals surface area contributed by atoms with Gasteiger partial charge in [0.05, 0.1) is 61.9 Å². The molecule has 18 nitrogen and oxygen atoms in total. The van der Waals surface area contributed by atoms with Gasteiger partial charge in [-0.2, -0.15) is 54.5 Å². The molecule has 9 aromatic carbocycles. The highest BCUT2D eigenvalue weighted by atomic mass is 32.2. The molecule has 3 amide bonds. The van der Waals surface area contributed by atoms with Gasteiger partial charge in [0.1, 0.15) is 37.1 Å². The van der Waals surface area contributed by atoms with E-state index in [1.54, 1.807) is 0 Å². The molecule has 33 heteroatoms. The van der Waals surface area contributed by atoms with Crippen molar-refractivity contribution in [1.82, 2.24) is 58.1 Å². The van der Waals surface area contributed by atoms with Gasteiger partial charge >= 0.3 is 18.5 Å². The van der Waals surface area contributed by atoms with Gasteiger partial charge in [-0.05, 0) is 241 Å². The van der Waals surface area contributed by atoms with Crippen LogP contribution in [0.25, 0.3) is 33.4 Å². The first-order valence-electron chi connectivity index (χ1n) is 72.7. The van der Waals surface area contributed by atoms with Crippen LogP contribution in [-0.2, 0) is 128 Å². The number of halogens is 12. The number of thioether (sulfide) groups is 3. The number of hydrogen-bond donors (Lipinski definition) is 0. The van der Waals surface area contributed by atoms with Crippen molar-refractivity contribution in [3.8, 4) is 33.4 Å². The molecular formula is C111H120F12N12O6S3. The predicted molar refractivity (Wildman–Crippen MR) is 544 cm³/mol. The van der Waals surface area contributed by atoms with Crippen LogP contribution in [-0.4, -0.2) is 154 Å². The number of aromatic nitrogens is 6. The first-order chi connectivity index (χ1) is 92.5. The molecule has 3 aromatic heterocycles. The normalized spacial score (nSPS) is 23.6. The Morgan fingerprint density at radius 3 is 1.06 bits per heavy atom. The van der Waals surface area contributed by atoms with Gasteiger partial charge < -0.3 is 43.1 Å². The number of fused-ring (bicyclic) bond motifs is 3. The van der Waals surface area contributed by atoms with Gasteiger partial charge in [-0.25, -0.2) is 13.2 Å². The molecule has 3 heterocycles. The van der Waals surface area contributed by atoms with Crippen LogP contribution < -0.4 is 16.7 Å². The maximum atomic E-state index is 15.1. The van der Waals surface area contributed by atoms with Crippen molar-refractivity contribution >= 4 is 53.0 Å². The van der Waals surface area contributed by atoms with Crippen molar-refractivity contribution in [3.63, 3.8) is 0 Å². The number of benzene rings is 9. The molecule has 0 spiro atoms. The second-order valence-electron chi connectivity index (χ2n) is 30.0. The van der Waals surface area contributed by atoms with Crippen LogP contribution in [0.4, 0.5) is 52.7 Å². The summed E-state index contributed by atoms with van der Waals surface area (Å²) in [6.07, 6.45) is -27.7. The lowest BCUT2D eigenvalue weighted by molar-refractivity contribution is -0.138. The molecule has 12 aromatic rings. The topological polar surface area (TPSA) is 175 Å². The smallest absolute Gasteiger partial charge is 0.336 e. The molecule has 2 atom stereocenters. The van der Waals surface area contributed by atoms with Crippen LogP contribution in [0.2, 0.25) is 0 Å². The van der Waals surface area contributed by atoms with E-state index in [1.807, 2.05) is 0 Å². The number of nitrogens with zero attached hydrogens (tertiary/aromatic N) is 12. The molecule has 0 radical (unpaired) electrons. The standard InChI is InChI=1S/3C37H40F4N4O2S/c2*1-4-43(5-2)18-19-44(22-26-6-10-28(11-7-26)29-12-14-30(15-13-29)37(39,40)41)34(46)23-45-33-21-25(3)20-32(33)35(47)42-36(45)48-24-27-8-16-31(38)17-9-27;1-4-43(5-2)19-20-44(22-26-9-13-28(14-10-26)29-15-18-32(25(3)21-29)37(39,40)41)34(46)23-45-33-8-6-7-31(33)35(47)42-36(45)48-24-27-11-16-30(38)17-12-27/h2*6-17,25H,4-5,18-24H2,1-3H3;9-18,21H,4-8,19-20,22-24H2,1-3H3/i4D2,5D2,6D,7D,8D,9D,10D,11D,12D,13D,14D,15D,16D,17D,18D2,19D2,20D2,21D2,25D;4D2,5D2,8D,9D,16D,17D,18D2,19D2,20D2,21D2,25D;4D2,5D2,9D,10D,11D,12D,13D,14D,15D,16D,17D,18D,19D2,20D2,21D. The Morgan fingerprint density at radius 2 is 0.701 bits per heavy atom. The Hall–Kier alpha value is -11.9. The summed E-state index contributed by atoms with van der Waals surface area (Å²) >= 11 is 1.20. The Kier molecular flexibility index (Phi) is 18.9. The Labute approximate surface area is 930 Å². The lowest BCUT2D eigenvalue weighted by Gasteiger charge is -2.28. The van der Waals surface area contributed by atoms with Crippen LogP contribution in [0.15, 0.2) is 242 Å². The first kappa shape index (κ1) is 54.0. The molecule has 0 N–H and O–H groups in total. The van der Waals surface area contributed by atoms with E-state index in [1.165, 1.54) is 36.4 Å². The molecular weight excluding hydrogens is 1920 g/mol. The van der Waals surface area contributed by atoms with Crippen molar-refractivity contribution in [2.45, 2.75) is 198 Å². The third-order valence-electron chi connectivity index (χ3n) is 20.2. The SMILES string of the molecule is [2H]c1c([2H])c(CSc2nc(=O)c3c(n2CC(=O)N(Cc2c([2H])c([2H])c(-c4c([2H])c([2H])c(C(F)(F)F)c(C)c4[2H])c([2H])c2[2H])C([2H])([2H])C([2H])([2H])N(C([2H])([2H])C)C([2H])([2H])C)CCC3)c([2H])c([2H])c1F.[2H]c1c([2H])c(CSc2nc(=O)c3c(n2CC(=O)N(Cc2c([2H])c([2H])c(-c4c([2H])c([2H])c(C(F)(F)F)c([2H])c4[2H])c([2H])c2[2H])C([2H])([2H])C([2H])([2H])N(C([2H])([2H])C)C([2H])([2H])C)C([2H])([2H])C([2H])(C)C3([2H])[2H])c([2H])c([2H])c1F.[2H]c1c([2H])c(CSc2nc(=O)c3c(n2CC(=O)N(Cc2ccc(-c4ccc(C(F)(F)F)cc4)cc2)C([2H])([2H])C([2H])([2H])N(C([2H])([2H])C)C([2H])([2H])C)C([2H])([2H])C([2H])(C)C3([2H])[2H])c([2H])c([2H])c1F. The lowest BCUT2D eigenvalue weighted by Crippen LogP contribution is -2.40. The quantitative estimate of drug-likeness (QED) is 0.0202. The van der Waals surface area contributed by atoms with Crippen molar-refractivity contribution in [1.29, 1.82) is 0 Å². The second-order valence-corrected chi connectivity index (χ2v) is 32.8. The first-order valence-corrected chi connectivity index (χ1v) is 45.1. The Morgan fingerprint density at radius 1 is 0.382 bits per heavy atom. The molecule has 3 aliphatic carbocycles. The number of amides is 3. The minimum Gasteiger partial charge on any atom is -0.336 e. The zero-order chi connectivity index (χ0) is 157. The fraction of sp³-hybridized carbons (Fsp3) is 0.378. The van der Waals surface area contributed by atoms with Gasteiger partial charge in [0.25, 0.3) is 16.7 Å². The van der Waals surface area contributed by atoms with E-state index in [0.29, 0.717) is 77.9 Å². The second kappa shape index (κ2) is 50.3. The summed E-state index contributed by atoms with van der Waals surface area (Å²) in [5.41, 5.74) is -20.1. The summed E-state index contributed by atoms with van der Waals surface area (Å²) < 4.78 is 691. The Bertz CT molecular complexity index is 9890. The van der Waals surface area contributed by atoms with Crippen molar-refractivity contribution in [2.24, 2.45) is 11.8 Å². The largest absolute Gasteiger partial charge is 0.416 e. The molecule has 3 aliphatic rings. The summed E-state index contributed by atoms with van der Waals surface area (Å²) in [7, 11) is 0. The predicted octanol–water partition coefficient (Wildman–Crippen LogP) is 22.5. The summed E-state index contributed by atoms with van der Waals surface area (Å²) in [4.78, 5) is 96.6. The van der Waals surface area contributed by atoms with Crippen molar-refractivity contribution in [3.05, 3.63) is 350 Å². The molecule has 2 unspecified atom stereocenters. The highest BCUT2D eigenvalue weighted by Crippen LogP contribution is 2.39. The maximum absolute atomic E-state index is 15.1. The average molecular weight is 2100 g/mol. The summed E-state index contributed by atoms with van der Waals surface area (Å²) in [5, 5.41) is -1.89. The van der Waals surface area contributed by atoms with Crippen LogP contribution in [0, 0.1) is 36.2 Å². The third kappa shape index (κ3) is 29.5. The molecule has 0 fully saturated rings. The van der Waals surface area contributed by atoms with Crippen LogP contribution in [0.5, 0.6) is 0 Å². The summed E-state index contributed by atoms with van der Waals surface area (Å²) in [6, 6.07) is -22.2.